The van der Waals surface area contributed by atoms with Gasteiger partial charge in [-0.05, 0) is 24.1 Å². The van der Waals surface area contributed by atoms with E-state index in [2.05, 4.69) is 18.9 Å². The molecule has 1 heterocycles. The molecule has 2 aromatic rings. The maximum absolute atomic E-state index is 6.09. The maximum atomic E-state index is 6.09. The lowest BCUT2D eigenvalue weighted by Crippen LogP contribution is -2.02. The first kappa shape index (κ1) is 12.8. The highest BCUT2D eigenvalue weighted by atomic mass is 35.5. The summed E-state index contributed by atoms with van der Waals surface area (Å²) < 4.78 is 6.80. The van der Waals surface area contributed by atoms with Crippen molar-refractivity contribution in [3.8, 4) is 11.4 Å². The summed E-state index contributed by atoms with van der Waals surface area (Å²) in [4.78, 5) is 0. The SMILES string of the molecule is COc1ccc(-n2nc(C(C)C)cc2N)cc1Cl. The van der Waals surface area contributed by atoms with Crippen LogP contribution >= 0.6 is 11.6 Å². The van der Waals surface area contributed by atoms with Crippen molar-refractivity contribution in [1.82, 2.24) is 9.78 Å². The van der Waals surface area contributed by atoms with E-state index in [4.69, 9.17) is 22.1 Å². The van der Waals surface area contributed by atoms with E-state index < -0.39 is 0 Å². The molecule has 0 spiro atoms. The van der Waals surface area contributed by atoms with E-state index in [1.54, 1.807) is 23.9 Å². The van der Waals surface area contributed by atoms with Crippen LogP contribution in [0.25, 0.3) is 5.69 Å². The summed E-state index contributed by atoms with van der Waals surface area (Å²) in [5.74, 6) is 1.57. The van der Waals surface area contributed by atoms with Crippen molar-refractivity contribution >= 4 is 17.4 Å². The topological polar surface area (TPSA) is 53.1 Å². The highest BCUT2D eigenvalue weighted by molar-refractivity contribution is 6.32. The summed E-state index contributed by atoms with van der Waals surface area (Å²) in [7, 11) is 1.58. The van der Waals surface area contributed by atoms with Crippen molar-refractivity contribution in [1.29, 1.82) is 0 Å². The minimum absolute atomic E-state index is 0.335. The molecular weight excluding hydrogens is 250 g/mol. The number of nitrogens with zero attached hydrogens (tertiary/aromatic N) is 2. The molecule has 0 aliphatic rings. The van der Waals surface area contributed by atoms with Gasteiger partial charge in [0.05, 0.1) is 23.5 Å². The maximum Gasteiger partial charge on any atom is 0.137 e. The van der Waals surface area contributed by atoms with Crippen LogP contribution in [-0.4, -0.2) is 16.9 Å². The molecule has 0 fully saturated rings. The highest BCUT2D eigenvalue weighted by Crippen LogP contribution is 2.28. The highest BCUT2D eigenvalue weighted by Gasteiger charge is 2.11. The minimum Gasteiger partial charge on any atom is -0.495 e. The normalized spacial score (nSPS) is 10.9. The Morgan fingerprint density at radius 2 is 2.06 bits per heavy atom. The molecule has 0 radical (unpaired) electrons. The van der Waals surface area contributed by atoms with Crippen molar-refractivity contribution in [2.45, 2.75) is 19.8 Å². The third-order valence-electron chi connectivity index (χ3n) is 2.73. The number of hydrogen-bond acceptors (Lipinski definition) is 3. The third kappa shape index (κ3) is 2.29. The number of anilines is 1. The molecule has 0 atom stereocenters. The van der Waals surface area contributed by atoms with Gasteiger partial charge in [-0.3, -0.25) is 0 Å². The van der Waals surface area contributed by atoms with Crippen LogP contribution in [0.15, 0.2) is 24.3 Å². The van der Waals surface area contributed by atoms with Crippen LogP contribution in [0.3, 0.4) is 0 Å². The summed E-state index contributed by atoms with van der Waals surface area (Å²) in [6, 6.07) is 7.34. The number of nitrogens with two attached hydrogens (primary N) is 1. The molecular formula is C13H16ClN3O. The van der Waals surface area contributed by atoms with Crippen LogP contribution in [0.1, 0.15) is 25.5 Å². The van der Waals surface area contributed by atoms with Crippen molar-refractivity contribution < 1.29 is 4.74 Å². The average molecular weight is 266 g/mol. The Labute approximate surface area is 111 Å². The molecule has 5 heteroatoms. The van der Waals surface area contributed by atoms with Crippen LogP contribution in [0.4, 0.5) is 5.82 Å². The van der Waals surface area contributed by atoms with Gasteiger partial charge in [-0.2, -0.15) is 5.10 Å². The van der Waals surface area contributed by atoms with E-state index in [9.17, 15) is 0 Å². The van der Waals surface area contributed by atoms with Gasteiger partial charge in [-0.25, -0.2) is 4.68 Å². The Bertz CT molecular complexity index is 563. The molecule has 0 unspecified atom stereocenters. The van der Waals surface area contributed by atoms with Crippen molar-refractivity contribution in [2.24, 2.45) is 0 Å². The van der Waals surface area contributed by atoms with E-state index in [1.165, 1.54) is 0 Å². The van der Waals surface area contributed by atoms with Gasteiger partial charge in [0.1, 0.15) is 11.6 Å². The van der Waals surface area contributed by atoms with Gasteiger partial charge in [-0.1, -0.05) is 25.4 Å². The second-order valence-electron chi connectivity index (χ2n) is 4.38. The second-order valence-corrected chi connectivity index (χ2v) is 4.79. The van der Waals surface area contributed by atoms with Gasteiger partial charge in [0.2, 0.25) is 0 Å². The van der Waals surface area contributed by atoms with Gasteiger partial charge in [0.25, 0.3) is 0 Å². The van der Waals surface area contributed by atoms with Crippen LogP contribution in [0, 0.1) is 0 Å². The summed E-state index contributed by atoms with van der Waals surface area (Å²) in [5, 5.41) is 5.01. The first-order valence-corrected chi connectivity index (χ1v) is 6.10. The summed E-state index contributed by atoms with van der Waals surface area (Å²) in [5.41, 5.74) is 7.74. The van der Waals surface area contributed by atoms with Gasteiger partial charge >= 0.3 is 0 Å². The largest absolute Gasteiger partial charge is 0.495 e. The van der Waals surface area contributed by atoms with Crippen molar-refractivity contribution in [2.75, 3.05) is 12.8 Å². The van der Waals surface area contributed by atoms with Gasteiger partial charge in [-0.15, -0.1) is 0 Å². The fraction of sp³-hybridized carbons (Fsp3) is 0.308. The number of aromatic nitrogens is 2. The molecule has 0 amide bonds. The van der Waals surface area contributed by atoms with Crippen LogP contribution in [0.5, 0.6) is 5.75 Å². The van der Waals surface area contributed by atoms with Crippen molar-refractivity contribution in [3.63, 3.8) is 0 Å². The zero-order valence-electron chi connectivity index (χ0n) is 10.6. The van der Waals surface area contributed by atoms with Crippen molar-refractivity contribution in [3.05, 3.63) is 35.0 Å². The Kier molecular flexibility index (Phi) is 3.48. The molecule has 0 aliphatic carbocycles. The minimum atomic E-state index is 0.335. The summed E-state index contributed by atoms with van der Waals surface area (Å²) in [6.07, 6.45) is 0. The molecule has 2 N–H and O–H groups in total. The van der Waals surface area contributed by atoms with Gasteiger partial charge < -0.3 is 10.5 Å². The first-order chi connectivity index (χ1) is 8.52. The Hall–Kier alpha value is -1.68. The quantitative estimate of drug-likeness (QED) is 0.927. The Balaban J connectivity index is 2.45. The number of nitrogen functional groups attached to an aromatic ring is 1. The van der Waals surface area contributed by atoms with E-state index in [1.807, 2.05) is 12.1 Å². The fourth-order valence-corrected chi connectivity index (χ4v) is 1.94. The van der Waals surface area contributed by atoms with E-state index in [0.29, 0.717) is 22.5 Å². The molecule has 0 aliphatic heterocycles. The number of hydrogen-bond donors (Lipinski definition) is 1. The van der Waals surface area contributed by atoms with E-state index >= 15 is 0 Å². The zero-order chi connectivity index (χ0) is 13.3. The number of benzene rings is 1. The molecule has 4 nitrogen and oxygen atoms in total. The number of rotatable bonds is 3. The van der Waals surface area contributed by atoms with E-state index in [-0.39, 0.29) is 0 Å². The smallest absolute Gasteiger partial charge is 0.137 e. The molecule has 1 aromatic heterocycles. The molecule has 18 heavy (non-hydrogen) atoms. The van der Waals surface area contributed by atoms with E-state index in [0.717, 1.165) is 11.4 Å². The molecule has 1 aromatic carbocycles. The van der Waals surface area contributed by atoms with Gasteiger partial charge in [0, 0.05) is 6.07 Å². The molecule has 2 rings (SSSR count). The Morgan fingerprint density at radius 1 is 1.33 bits per heavy atom. The lowest BCUT2D eigenvalue weighted by atomic mass is 10.1. The predicted octanol–water partition coefficient (Wildman–Crippen LogP) is 3.24. The first-order valence-electron chi connectivity index (χ1n) is 5.72. The van der Waals surface area contributed by atoms with Crippen LogP contribution in [-0.2, 0) is 0 Å². The van der Waals surface area contributed by atoms with Gasteiger partial charge in [0.15, 0.2) is 0 Å². The van der Waals surface area contributed by atoms with Crippen LogP contribution < -0.4 is 10.5 Å². The summed E-state index contributed by atoms with van der Waals surface area (Å²) >= 11 is 6.09. The standard InChI is InChI=1S/C13H16ClN3O/c1-8(2)11-7-13(15)17(16-11)9-4-5-12(18-3)10(14)6-9/h4-8H,15H2,1-3H3. The lowest BCUT2D eigenvalue weighted by Gasteiger charge is -2.07. The number of ether oxygens (including phenoxy) is 1. The number of halogens is 1. The summed E-state index contributed by atoms with van der Waals surface area (Å²) in [6.45, 7) is 4.15. The Morgan fingerprint density at radius 3 is 2.56 bits per heavy atom. The third-order valence-corrected chi connectivity index (χ3v) is 3.02. The van der Waals surface area contributed by atoms with Crippen LogP contribution in [0.2, 0.25) is 5.02 Å². The zero-order valence-corrected chi connectivity index (χ0v) is 11.4. The molecule has 96 valence electrons. The monoisotopic (exact) mass is 265 g/mol. The fourth-order valence-electron chi connectivity index (χ4n) is 1.69. The molecule has 0 bridgehead atoms. The lowest BCUT2D eigenvalue weighted by molar-refractivity contribution is 0.415. The predicted molar refractivity (Wildman–Crippen MR) is 73.6 cm³/mol. The average Bonchev–Trinajstić information content (AvgIpc) is 2.71. The second kappa shape index (κ2) is 4.90. The molecule has 0 saturated carbocycles. The number of methoxy groups -OCH3 is 1. The molecule has 0 saturated heterocycles.